The number of benzene rings is 1. The summed E-state index contributed by atoms with van der Waals surface area (Å²) in [5, 5.41) is 2.82. The van der Waals surface area contributed by atoms with Crippen molar-refractivity contribution in [3.63, 3.8) is 0 Å². The van der Waals surface area contributed by atoms with Gasteiger partial charge < -0.3 is 15.0 Å². The lowest BCUT2D eigenvalue weighted by Gasteiger charge is -2.32. The molecule has 0 unspecified atom stereocenters. The summed E-state index contributed by atoms with van der Waals surface area (Å²) in [6, 6.07) is 10.4. The predicted octanol–water partition coefficient (Wildman–Crippen LogP) is 2.47. The number of carbonyl (C=O) groups excluding carboxylic acids is 1. The maximum Gasteiger partial charge on any atom is 0.224 e. The Hall–Kier alpha value is -3.43. The molecule has 0 atom stereocenters. The second-order valence-electron chi connectivity index (χ2n) is 8.76. The van der Waals surface area contributed by atoms with E-state index >= 15 is 0 Å². The molecule has 1 aromatic carbocycles. The number of carbonyl (C=O) groups is 1. The molecule has 8 nitrogen and oxygen atoms in total. The molecule has 1 saturated heterocycles. The molecule has 0 radical (unpaired) electrons. The van der Waals surface area contributed by atoms with Crippen molar-refractivity contribution in [2.24, 2.45) is 0 Å². The Morgan fingerprint density at radius 2 is 1.89 bits per heavy atom. The second-order valence-corrected chi connectivity index (χ2v) is 8.76. The summed E-state index contributed by atoms with van der Waals surface area (Å²) in [5.41, 5.74) is 2.76. The lowest BCUT2D eigenvalue weighted by atomic mass is 10.0. The number of nitrogens with zero attached hydrogens (tertiary/aromatic N) is 5. The summed E-state index contributed by atoms with van der Waals surface area (Å²) in [4.78, 5) is 29.6. The predicted molar refractivity (Wildman–Crippen MR) is 131 cm³/mol. The SMILES string of the molecule is Cc1ccnc(CNC(=O)Cc2ccc(-c3cnc(OCCN4CCN(C)CC4)cc3F)cc2)n1. The Kier molecular flexibility index (Phi) is 8.33. The third-order valence-corrected chi connectivity index (χ3v) is 6.00. The van der Waals surface area contributed by atoms with Gasteiger partial charge >= 0.3 is 0 Å². The quantitative estimate of drug-likeness (QED) is 0.506. The summed E-state index contributed by atoms with van der Waals surface area (Å²) in [6.45, 7) is 7.55. The number of ether oxygens (including phenoxy) is 1. The van der Waals surface area contributed by atoms with Gasteiger partial charge in [0.15, 0.2) is 0 Å². The molecule has 0 aliphatic carbocycles. The highest BCUT2D eigenvalue weighted by molar-refractivity contribution is 5.78. The van der Waals surface area contributed by atoms with Crippen LogP contribution < -0.4 is 10.1 Å². The zero-order valence-electron chi connectivity index (χ0n) is 20.2. The third-order valence-electron chi connectivity index (χ3n) is 6.00. The molecule has 0 bridgehead atoms. The third kappa shape index (κ3) is 7.27. The van der Waals surface area contributed by atoms with E-state index in [1.54, 1.807) is 24.4 Å². The summed E-state index contributed by atoms with van der Waals surface area (Å²) in [7, 11) is 2.12. The van der Waals surface area contributed by atoms with Crippen LogP contribution in [0, 0.1) is 12.7 Å². The number of halogens is 1. The molecule has 1 aliphatic heterocycles. The van der Waals surface area contributed by atoms with Crippen molar-refractivity contribution >= 4 is 5.91 Å². The highest BCUT2D eigenvalue weighted by Crippen LogP contribution is 2.25. The van der Waals surface area contributed by atoms with Crippen molar-refractivity contribution in [1.82, 2.24) is 30.1 Å². The maximum absolute atomic E-state index is 14.7. The fraction of sp³-hybridized carbons (Fsp3) is 0.385. The van der Waals surface area contributed by atoms with Crippen molar-refractivity contribution in [3.8, 4) is 17.0 Å². The van der Waals surface area contributed by atoms with E-state index < -0.39 is 5.82 Å². The molecule has 1 N–H and O–H groups in total. The molecular weight excluding hydrogens is 447 g/mol. The van der Waals surface area contributed by atoms with Crippen molar-refractivity contribution in [3.05, 3.63) is 71.7 Å². The Labute approximate surface area is 205 Å². The molecule has 1 fully saturated rings. The zero-order chi connectivity index (χ0) is 24.6. The summed E-state index contributed by atoms with van der Waals surface area (Å²) in [5.74, 6) is 0.335. The van der Waals surface area contributed by atoms with Gasteiger partial charge in [0.25, 0.3) is 0 Å². The minimum Gasteiger partial charge on any atom is -0.476 e. The number of piperazine rings is 1. The van der Waals surface area contributed by atoms with Crippen LogP contribution in [0.15, 0.2) is 48.8 Å². The molecule has 1 amide bonds. The molecule has 0 spiro atoms. The van der Waals surface area contributed by atoms with Crippen molar-refractivity contribution in [2.45, 2.75) is 19.9 Å². The highest BCUT2D eigenvalue weighted by atomic mass is 19.1. The van der Waals surface area contributed by atoms with Crippen LogP contribution in [0.4, 0.5) is 4.39 Å². The van der Waals surface area contributed by atoms with E-state index in [0.717, 1.165) is 44.0 Å². The number of likely N-dealkylation sites (N-methyl/N-ethyl adjacent to an activating group) is 1. The van der Waals surface area contributed by atoms with E-state index in [4.69, 9.17) is 4.74 Å². The number of nitrogens with one attached hydrogen (secondary N) is 1. The minimum atomic E-state index is -0.391. The first-order valence-corrected chi connectivity index (χ1v) is 11.8. The van der Waals surface area contributed by atoms with Crippen LogP contribution in [0.2, 0.25) is 0 Å². The van der Waals surface area contributed by atoms with Crippen molar-refractivity contribution in [1.29, 1.82) is 0 Å². The van der Waals surface area contributed by atoms with E-state index in [9.17, 15) is 9.18 Å². The largest absolute Gasteiger partial charge is 0.476 e. The summed E-state index contributed by atoms with van der Waals surface area (Å²) < 4.78 is 20.4. The number of aromatic nitrogens is 3. The van der Waals surface area contributed by atoms with E-state index in [1.165, 1.54) is 12.3 Å². The maximum atomic E-state index is 14.7. The van der Waals surface area contributed by atoms with Crippen LogP contribution in [-0.4, -0.2) is 77.0 Å². The zero-order valence-corrected chi connectivity index (χ0v) is 20.2. The first kappa shape index (κ1) is 24.7. The van der Waals surface area contributed by atoms with E-state index in [1.807, 2.05) is 19.1 Å². The molecule has 4 rings (SSSR count). The number of hydrogen-bond acceptors (Lipinski definition) is 7. The molecule has 3 aromatic rings. The number of hydrogen-bond donors (Lipinski definition) is 1. The second kappa shape index (κ2) is 11.8. The van der Waals surface area contributed by atoms with Gasteiger partial charge in [-0.1, -0.05) is 24.3 Å². The first-order valence-electron chi connectivity index (χ1n) is 11.8. The minimum absolute atomic E-state index is 0.131. The van der Waals surface area contributed by atoms with Gasteiger partial charge in [-0.25, -0.2) is 19.3 Å². The van der Waals surface area contributed by atoms with Gasteiger partial charge in [0.05, 0.1) is 13.0 Å². The topological polar surface area (TPSA) is 83.5 Å². The molecule has 35 heavy (non-hydrogen) atoms. The van der Waals surface area contributed by atoms with Crippen LogP contribution in [-0.2, 0) is 17.8 Å². The van der Waals surface area contributed by atoms with E-state index in [-0.39, 0.29) is 24.8 Å². The van der Waals surface area contributed by atoms with Gasteiger partial charge in [0.2, 0.25) is 11.8 Å². The number of aryl methyl sites for hydroxylation is 1. The molecule has 9 heteroatoms. The van der Waals surface area contributed by atoms with Crippen LogP contribution in [0.25, 0.3) is 11.1 Å². The van der Waals surface area contributed by atoms with Crippen LogP contribution >= 0.6 is 0 Å². The molecule has 0 saturated carbocycles. The summed E-state index contributed by atoms with van der Waals surface area (Å²) in [6.07, 6.45) is 3.38. The molecule has 2 aromatic heterocycles. The fourth-order valence-electron chi connectivity index (χ4n) is 3.87. The van der Waals surface area contributed by atoms with Gasteiger partial charge in [0, 0.05) is 62.4 Å². The van der Waals surface area contributed by atoms with Gasteiger partial charge in [-0.2, -0.15) is 0 Å². The Bertz CT molecular complexity index is 1130. The van der Waals surface area contributed by atoms with Crippen LogP contribution in [0.3, 0.4) is 0 Å². The smallest absolute Gasteiger partial charge is 0.224 e. The number of pyridine rings is 1. The Morgan fingerprint density at radius 1 is 1.11 bits per heavy atom. The van der Waals surface area contributed by atoms with Crippen molar-refractivity contribution in [2.75, 3.05) is 46.4 Å². The van der Waals surface area contributed by atoms with Gasteiger partial charge in [0.1, 0.15) is 18.2 Å². The normalized spacial score (nSPS) is 14.6. The Balaban J connectivity index is 1.26. The molecule has 184 valence electrons. The lowest BCUT2D eigenvalue weighted by Crippen LogP contribution is -2.45. The van der Waals surface area contributed by atoms with Crippen LogP contribution in [0.1, 0.15) is 17.1 Å². The molecular formula is C26H31FN6O2. The van der Waals surface area contributed by atoms with Gasteiger partial charge in [-0.3, -0.25) is 9.69 Å². The average Bonchev–Trinajstić information content (AvgIpc) is 2.85. The monoisotopic (exact) mass is 478 g/mol. The van der Waals surface area contributed by atoms with Crippen molar-refractivity contribution < 1.29 is 13.9 Å². The van der Waals surface area contributed by atoms with Gasteiger partial charge in [-0.15, -0.1) is 0 Å². The first-order chi connectivity index (χ1) is 17.0. The Morgan fingerprint density at radius 3 is 2.60 bits per heavy atom. The lowest BCUT2D eigenvalue weighted by molar-refractivity contribution is -0.120. The van der Waals surface area contributed by atoms with E-state index in [0.29, 0.717) is 23.6 Å². The fourth-order valence-corrected chi connectivity index (χ4v) is 3.87. The highest BCUT2D eigenvalue weighted by Gasteiger charge is 2.14. The standard InChI is InChI=1S/C26H31FN6O2/c1-19-7-8-28-24(31-19)18-29-25(34)15-20-3-5-21(6-4-20)22-17-30-26(16-23(22)27)35-14-13-33-11-9-32(2)10-12-33/h3-8,16-17H,9-15,18H2,1-2H3,(H,29,34). The number of rotatable bonds is 9. The van der Waals surface area contributed by atoms with Crippen LogP contribution in [0.5, 0.6) is 5.88 Å². The number of amides is 1. The average molecular weight is 479 g/mol. The molecule has 1 aliphatic rings. The van der Waals surface area contributed by atoms with Gasteiger partial charge in [-0.05, 0) is 31.2 Å². The van der Waals surface area contributed by atoms with E-state index in [2.05, 4.69) is 37.1 Å². The molecule has 3 heterocycles. The summed E-state index contributed by atoms with van der Waals surface area (Å²) >= 11 is 0.